The number of hydrogen-bond donors (Lipinski definition) is 0. The maximum Gasteiger partial charge on any atom is 0.441 e. The van der Waals surface area contributed by atoms with E-state index in [-0.39, 0.29) is 5.92 Å². The van der Waals surface area contributed by atoms with Crippen LogP contribution >= 0.6 is 0 Å². The molecule has 0 aliphatic heterocycles. The van der Waals surface area contributed by atoms with Crippen molar-refractivity contribution in [1.82, 2.24) is 14.7 Å². The molecular weight excluding hydrogens is 206 g/mol. The lowest BCUT2D eigenvalue weighted by Gasteiger charge is -2.05. The highest BCUT2D eigenvalue weighted by molar-refractivity contribution is 5.05. The van der Waals surface area contributed by atoms with E-state index in [2.05, 4.69) is 14.7 Å². The first-order valence-corrected chi connectivity index (χ1v) is 5.15. The first-order chi connectivity index (χ1) is 7.68. The number of nitrogens with zero attached hydrogens (tertiary/aromatic N) is 3. The van der Waals surface area contributed by atoms with Gasteiger partial charge in [-0.3, -0.25) is 14.1 Å². The monoisotopic (exact) mass is 219 g/mol. The maximum atomic E-state index is 11.5. The van der Waals surface area contributed by atoms with E-state index < -0.39 is 5.76 Å². The smallest absolute Gasteiger partial charge is 0.296 e. The molecule has 2 rings (SSSR count). The molecule has 0 saturated carbocycles. The summed E-state index contributed by atoms with van der Waals surface area (Å²) in [5.41, 5.74) is 0.815. The largest absolute Gasteiger partial charge is 0.441 e. The first-order valence-electron chi connectivity index (χ1n) is 5.15. The van der Waals surface area contributed by atoms with Crippen molar-refractivity contribution in [2.45, 2.75) is 26.3 Å². The lowest BCUT2D eigenvalue weighted by atomic mass is 10.2. The normalized spacial score (nSPS) is 10.9. The molecule has 5 nitrogen and oxygen atoms in total. The van der Waals surface area contributed by atoms with Gasteiger partial charge in [-0.1, -0.05) is 25.1 Å². The van der Waals surface area contributed by atoms with Crippen LogP contribution in [0, 0.1) is 0 Å². The molecule has 0 bridgehead atoms. The summed E-state index contributed by atoms with van der Waals surface area (Å²) in [6, 6.07) is 5.59. The van der Waals surface area contributed by atoms with Gasteiger partial charge in [0.25, 0.3) is 0 Å². The molecule has 0 aromatic carbocycles. The highest BCUT2D eigenvalue weighted by atomic mass is 16.5. The summed E-state index contributed by atoms with van der Waals surface area (Å²) in [5, 5.41) is 3.76. The van der Waals surface area contributed by atoms with E-state index in [1.54, 1.807) is 6.20 Å². The van der Waals surface area contributed by atoms with Gasteiger partial charge in [-0.05, 0) is 12.1 Å². The minimum Gasteiger partial charge on any atom is -0.296 e. The van der Waals surface area contributed by atoms with E-state index in [1.807, 2.05) is 32.0 Å². The molecule has 16 heavy (non-hydrogen) atoms. The third kappa shape index (κ3) is 2.03. The zero-order valence-corrected chi connectivity index (χ0v) is 9.25. The fourth-order valence-electron chi connectivity index (χ4n) is 1.49. The maximum absolute atomic E-state index is 11.5. The molecule has 0 atom stereocenters. The van der Waals surface area contributed by atoms with Gasteiger partial charge < -0.3 is 0 Å². The summed E-state index contributed by atoms with van der Waals surface area (Å²) < 4.78 is 6.17. The van der Waals surface area contributed by atoms with Crippen molar-refractivity contribution in [3.8, 4) is 0 Å². The second-order valence-corrected chi connectivity index (χ2v) is 3.87. The van der Waals surface area contributed by atoms with Gasteiger partial charge in [-0.2, -0.15) is 0 Å². The first kappa shape index (κ1) is 10.6. The van der Waals surface area contributed by atoms with Crippen molar-refractivity contribution in [2.24, 2.45) is 0 Å². The Balaban J connectivity index is 2.34. The molecule has 0 aliphatic carbocycles. The van der Waals surface area contributed by atoms with E-state index in [0.717, 1.165) is 5.69 Å². The molecule has 2 aromatic heterocycles. The van der Waals surface area contributed by atoms with Crippen LogP contribution in [-0.4, -0.2) is 14.7 Å². The van der Waals surface area contributed by atoms with Gasteiger partial charge in [0.2, 0.25) is 0 Å². The summed E-state index contributed by atoms with van der Waals surface area (Å²) in [5.74, 6) is 0.361. The Morgan fingerprint density at radius 3 is 2.88 bits per heavy atom. The molecule has 0 saturated heterocycles. The Labute approximate surface area is 92.7 Å². The molecule has 0 aliphatic rings. The predicted molar refractivity (Wildman–Crippen MR) is 58.2 cm³/mol. The van der Waals surface area contributed by atoms with E-state index in [4.69, 9.17) is 0 Å². The molecule has 0 unspecified atom stereocenters. The van der Waals surface area contributed by atoms with Crippen molar-refractivity contribution in [3.63, 3.8) is 0 Å². The van der Waals surface area contributed by atoms with Crippen molar-refractivity contribution in [2.75, 3.05) is 0 Å². The number of rotatable bonds is 3. The van der Waals surface area contributed by atoms with Crippen LogP contribution in [0.15, 0.2) is 33.7 Å². The van der Waals surface area contributed by atoms with Crippen LogP contribution in [0.4, 0.5) is 0 Å². The van der Waals surface area contributed by atoms with Crippen LogP contribution in [0.2, 0.25) is 0 Å². The number of pyridine rings is 1. The van der Waals surface area contributed by atoms with Crippen LogP contribution in [0.25, 0.3) is 0 Å². The van der Waals surface area contributed by atoms with Crippen LogP contribution in [0.3, 0.4) is 0 Å². The van der Waals surface area contributed by atoms with Gasteiger partial charge >= 0.3 is 5.76 Å². The van der Waals surface area contributed by atoms with E-state index in [0.29, 0.717) is 12.4 Å². The molecule has 5 heteroatoms. The van der Waals surface area contributed by atoms with Crippen LogP contribution in [0.5, 0.6) is 0 Å². The Kier molecular flexibility index (Phi) is 2.85. The summed E-state index contributed by atoms with van der Waals surface area (Å²) in [6.45, 7) is 4.33. The summed E-state index contributed by atoms with van der Waals surface area (Å²) in [7, 11) is 0. The SMILES string of the molecule is CC(C)c1noc(=O)n1Cc1ccccn1. The molecule has 0 spiro atoms. The lowest BCUT2D eigenvalue weighted by molar-refractivity contribution is 0.373. The topological polar surface area (TPSA) is 60.9 Å². The molecule has 0 fully saturated rings. The quantitative estimate of drug-likeness (QED) is 0.782. The van der Waals surface area contributed by atoms with Crippen LogP contribution in [0.1, 0.15) is 31.3 Å². The molecule has 2 aromatic rings. The average molecular weight is 219 g/mol. The van der Waals surface area contributed by atoms with Gasteiger partial charge in [0.15, 0.2) is 5.82 Å². The second kappa shape index (κ2) is 4.30. The Hall–Kier alpha value is -1.91. The highest BCUT2D eigenvalue weighted by Crippen LogP contribution is 2.10. The minimum absolute atomic E-state index is 0.148. The molecule has 84 valence electrons. The number of hydrogen-bond acceptors (Lipinski definition) is 4. The van der Waals surface area contributed by atoms with Crippen LogP contribution < -0.4 is 5.76 Å². The van der Waals surface area contributed by atoms with Crippen molar-refractivity contribution < 1.29 is 4.52 Å². The molecule has 0 radical (unpaired) electrons. The Morgan fingerprint density at radius 1 is 1.44 bits per heavy atom. The number of aromatic nitrogens is 3. The van der Waals surface area contributed by atoms with Gasteiger partial charge in [0.05, 0.1) is 12.2 Å². The zero-order chi connectivity index (χ0) is 11.5. The fourth-order valence-corrected chi connectivity index (χ4v) is 1.49. The molecule has 0 amide bonds. The third-order valence-electron chi connectivity index (χ3n) is 2.28. The summed E-state index contributed by atoms with van der Waals surface area (Å²) in [6.07, 6.45) is 1.70. The average Bonchev–Trinajstić information content (AvgIpc) is 2.62. The summed E-state index contributed by atoms with van der Waals surface area (Å²) >= 11 is 0. The Bertz CT molecular complexity index is 514. The van der Waals surface area contributed by atoms with E-state index in [9.17, 15) is 4.79 Å². The van der Waals surface area contributed by atoms with Gasteiger partial charge in [-0.15, -0.1) is 0 Å². The lowest BCUT2D eigenvalue weighted by Crippen LogP contribution is -2.19. The van der Waals surface area contributed by atoms with E-state index in [1.165, 1.54) is 4.57 Å². The minimum atomic E-state index is -0.436. The third-order valence-corrected chi connectivity index (χ3v) is 2.28. The second-order valence-electron chi connectivity index (χ2n) is 3.87. The zero-order valence-electron chi connectivity index (χ0n) is 9.25. The van der Waals surface area contributed by atoms with Gasteiger partial charge in [0, 0.05) is 12.1 Å². The molecular formula is C11H13N3O2. The summed E-state index contributed by atoms with van der Waals surface area (Å²) in [4.78, 5) is 15.6. The van der Waals surface area contributed by atoms with Crippen molar-refractivity contribution >= 4 is 0 Å². The van der Waals surface area contributed by atoms with Crippen LogP contribution in [-0.2, 0) is 6.54 Å². The van der Waals surface area contributed by atoms with Crippen molar-refractivity contribution in [3.05, 3.63) is 46.5 Å². The fraction of sp³-hybridized carbons (Fsp3) is 0.364. The van der Waals surface area contributed by atoms with Gasteiger partial charge in [-0.25, -0.2) is 4.79 Å². The van der Waals surface area contributed by atoms with E-state index >= 15 is 0 Å². The van der Waals surface area contributed by atoms with Gasteiger partial charge in [0.1, 0.15) is 0 Å². The van der Waals surface area contributed by atoms with Crippen molar-refractivity contribution in [1.29, 1.82) is 0 Å². The molecule has 0 N–H and O–H groups in total. The standard InChI is InChI=1S/C11H13N3O2/c1-8(2)10-13-16-11(15)14(10)7-9-5-3-4-6-12-9/h3-6,8H,7H2,1-2H3. The highest BCUT2D eigenvalue weighted by Gasteiger charge is 2.14. The Morgan fingerprint density at radius 2 is 2.25 bits per heavy atom. The molecule has 2 heterocycles. The predicted octanol–water partition coefficient (Wildman–Crippen LogP) is 1.40.